The van der Waals surface area contributed by atoms with E-state index in [4.69, 9.17) is 5.11 Å². The average Bonchev–Trinajstić information content (AvgIpc) is 2.47. The number of carbonyl (C=O) groups is 1. The highest BCUT2D eigenvalue weighted by Crippen LogP contribution is 2.09. The molecule has 0 aliphatic carbocycles. The minimum atomic E-state index is -0.863. The first kappa shape index (κ1) is 8.74. The Bertz CT molecular complexity index is 488. The number of hydrogen-bond acceptors (Lipinski definition) is 2. The molecule has 0 radical (unpaired) electrons. The minimum Gasteiger partial charge on any atom is -0.481 e. The summed E-state index contributed by atoms with van der Waals surface area (Å²) in [5, 5.41) is 8.65. The van der Waals surface area contributed by atoms with Gasteiger partial charge in [-0.15, -0.1) is 0 Å². The molecule has 0 saturated carbocycles. The minimum absolute atomic E-state index is 0.0444. The third-order valence-corrected chi connectivity index (χ3v) is 2.07. The number of aliphatic carboxylic acids is 1. The van der Waals surface area contributed by atoms with Crippen LogP contribution in [-0.2, 0) is 11.2 Å². The largest absolute Gasteiger partial charge is 0.481 e. The van der Waals surface area contributed by atoms with Crippen LogP contribution in [0, 0.1) is 6.92 Å². The molecule has 2 heterocycles. The summed E-state index contributed by atoms with van der Waals surface area (Å²) in [7, 11) is 0. The van der Waals surface area contributed by atoms with Crippen LogP contribution >= 0.6 is 0 Å². The molecule has 0 atom stereocenters. The van der Waals surface area contributed by atoms with E-state index in [1.807, 2.05) is 25.3 Å². The first-order chi connectivity index (χ1) is 6.66. The topological polar surface area (TPSA) is 54.6 Å². The van der Waals surface area contributed by atoms with Gasteiger partial charge in [0.2, 0.25) is 0 Å². The third-order valence-electron chi connectivity index (χ3n) is 2.07. The quantitative estimate of drug-likeness (QED) is 0.775. The first-order valence-corrected chi connectivity index (χ1v) is 4.31. The lowest BCUT2D eigenvalue weighted by Gasteiger charge is -1.98. The van der Waals surface area contributed by atoms with E-state index in [1.165, 1.54) is 0 Å². The Morgan fingerprint density at radius 2 is 2.43 bits per heavy atom. The van der Waals surface area contributed by atoms with Crippen molar-refractivity contribution in [2.45, 2.75) is 13.3 Å². The Hall–Kier alpha value is -1.84. The van der Waals surface area contributed by atoms with Gasteiger partial charge in [-0.1, -0.05) is 0 Å². The molecule has 0 unspecified atom stereocenters. The molecule has 0 aliphatic heterocycles. The molecule has 0 fully saturated rings. The summed E-state index contributed by atoms with van der Waals surface area (Å²) in [6.45, 7) is 1.99. The standard InChI is InChI=1S/C10H10N2O2/c1-7-2-3-12-8(4-7)6-11-9(12)5-10(13)14/h2-4,6H,5H2,1H3,(H,13,14). The van der Waals surface area contributed by atoms with Crippen molar-refractivity contribution < 1.29 is 9.90 Å². The molecule has 4 heteroatoms. The Labute approximate surface area is 80.8 Å². The van der Waals surface area contributed by atoms with E-state index in [0.717, 1.165) is 11.1 Å². The van der Waals surface area contributed by atoms with Gasteiger partial charge < -0.3 is 9.51 Å². The third kappa shape index (κ3) is 1.46. The van der Waals surface area contributed by atoms with E-state index in [0.29, 0.717) is 5.82 Å². The lowest BCUT2D eigenvalue weighted by molar-refractivity contribution is -0.136. The summed E-state index contributed by atoms with van der Waals surface area (Å²) in [6, 6.07) is 3.90. The Balaban J connectivity index is 2.52. The van der Waals surface area contributed by atoms with E-state index < -0.39 is 5.97 Å². The Kier molecular flexibility index (Phi) is 1.96. The molecule has 1 N–H and O–H groups in total. The van der Waals surface area contributed by atoms with Crippen LogP contribution in [0.3, 0.4) is 0 Å². The van der Waals surface area contributed by atoms with Crippen molar-refractivity contribution in [1.82, 2.24) is 9.38 Å². The van der Waals surface area contributed by atoms with Crippen molar-refractivity contribution in [3.8, 4) is 0 Å². The van der Waals surface area contributed by atoms with Gasteiger partial charge in [0.25, 0.3) is 0 Å². The summed E-state index contributed by atoms with van der Waals surface area (Å²) in [5.41, 5.74) is 2.07. The Morgan fingerprint density at radius 1 is 1.64 bits per heavy atom. The van der Waals surface area contributed by atoms with Gasteiger partial charge in [0.15, 0.2) is 0 Å². The van der Waals surface area contributed by atoms with E-state index in [2.05, 4.69) is 4.98 Å². The maximum atomic E-state index is 10.5. The fraction of sp³-hybridized carbons (Fsp3) is 0.200. The van der Waals surface area contributed by atoms with Gasteiger partial charge >= 0.3 is 5.97 Å². The van der Waals surface area contributed by atoms with Crippen LogP contribution in [0.15, 0.2) is 24.5 Å². The molecule has 0 aliphatic rings. The number of imidazole rings is 1. The van der Waals surface area contributed by atoms with Crippen molar-refractivity contribution in [2.24, 2.45) is 0 Å². The van der Waals surface area contributed by atoms with Crippen LogP contribution in [0.5, 0.6) is 0 Å². The number of pyridine rings is 1. The van der Waals surface area contributed by atoms with Gasteiger partial charge in [-0.3, -0.25) is 4.79 Å². The second-order valence-electron chi connectivity index (χ2n) is 3.24. The molecular weight excluding hydrogens is 180 g/mol. The van der Waals surface area contributed by atoms with Crippen LogP contribution < -0.4 is 0 Å². The molecule has 2 rings (SSSR count). The highest BCUT2D eigenvalue weighted by Gasteiger charge is 2.06. The number of carboxylic acid groups (broad SMARTS) is 1. The normalized spacial score (nSPS) is 10.6. The molecule has 0 amide bonds. The Morgan fingerprint density at radius 3 is 3.14 bits per heavy atom. The van der Waals surface area contributed by atoms with Gasteiger partial charge in [0.1, 0.15) is 12.2 Å². The molecule has 2 aromatic rings. The summed E-state index contributed by atoms with van der Waals surface area (Å²) in [6.07, 6.45) is 3.48. The summed E-state index contributed by atoms with van der Waals surface area (Å²) < 4.78 is 1.79. The molecule has 0 saturated heterocycles. The SMILES string of the molecule is Cc1ccn2c(CC(=O)O)ncc2c1. The summed E-state index contributed by atoms with van der Waals surface area (Å²) in [5.74, 6) is -0.300. The van der Waals surface area contributed by atoms with Crippen LogP contribution in [0.1, 0.15) is 11.4 Å². The van der Waals surface area contributed by atoms with Crippen molar-refractivity contribution in [2.75, 3.05) is 0 Å². The summed E-state index contributed by atoms with van der Waals surface area (Å²) in [4.78, 5) is 14.6. The molecular formula is C10H10N2O2. The second-order valence-corrected chi connectivity index (χ2v) is 3.24. The molecule has 0 bridgehead atoms. The molecule has 4 nitrogen and oxygen atoms in total. The molecule has 72 valence electrons. The highest BCUT2D eigenvalue weighted by atomic mass is 16.4. The maximum Gasteiger partial charge on any atom is 0.311 e. The van der Waals surface area contributed by atoms with Crippen LogP contribution in [-0.4, -0.2) is 20.5 Å². The van der Waals surface area contributed by atoms with Crippen molar-refractivity contribution in [3.63, 3.8) is 0 Å². The molecule has 0 aromatic carbocycles. The number of aromatic nitrogens is 2. The van der Waals surface area contributed by atoms with Crippen molar-refractivity contribution >= 4 is 11.5 Å². The zero-order valence-corrected chi connectivity index (χ0v) is 7.77. The lowest BCUT2D eigenvalue weighted by atomic mass is 10.3. The van der Waals surface area contributed by atoms with Crippen molar-refractivity contribution in [3.05, 3.63) is 35.9 Å². The van der Waals surface area contributed by atoms with Crippen LogP contribution in [0.2, 0.25) is 0 Å². The number of rotatable bonds is 2. The average molecular weight is 190 g/mol. The van der Waals surface area contributed by atoms with Gasteiger partial charge in [-0.05, 0) is 24.6 Å². The summed E-state index contributed by atoms with van der Waals surface area (Å²) >= 11 is 0. The zero-order chi connectivity index (χ0) is 10.1. The lowest BCUT2D eigenvalue weighted by Crippen LogP contribution is -2.04. The highest BCUT2D eigenvalue weighted by molar-refractivity contribution is 5.69. The van der Waals surface area contributed by atoms with Crippen molar-refractivity contribution in [1.29, 1.82) is 0 Å². The number of nitrogens with zero attached hydrogens (tertiary/aromatic N) is 2. The molecule has 14 heavy (non-hydrogen) atoms. The fourth-order valence-corrected chi connectivity index (χ4v) is 1.43. The second kappa shape index (κ2) is 3.14. The smallest absolute Gasteiger partial charge is 0.311 e. The van der Waals surface area contributed by atoms with Gasteiger partial charge in [-0.2, -0.15) is 0 Å². The van der Waals surface area contributed by atoms with Gasteiger partial charge in [-0.25, -0.2) is 4.98 Å². The zero-order valence-electron chi connectivity index (χ0n) is 7.77. The van der Waals surface area contributed by atoms with E-state index in [9.17, 15) is 4.79 Å². The molecule has 2 aromatic heterocycles. The monoisotopic (exact) mass is 190 g/mol. The predicted molar refractivity (Wildman–Crippen MR) is 51.3 cm³/mol. The van der Waals surface area contributed by atoms with Crippen LogP contribution in [0.4, 0.5) is 0 Å². The molecule has 0 spiro atoms. The number of fused-ring (bicyclic) bond motifs is 1. The fourth-order valence-electron chi connectivity index (χ4n) is 1.43. The number of hydrogen-bond donors (Lipinski definition) is 1. The van der Waals surface area contributed by atoms with Gasteiger partial charge in [0, 0.05) is 6.20 Å². The number of carboxylic acids is 1. The van der Waals surface area contributed by atoms with E-state index in [-0.39, 0.29) is 6.42 Å². The van der Waals surface area contributed by atoms with E-state index >= 15 is 0 Å². The van der Waals surface area contributed by atoms with Crippen LogP contribution in [0.25, 0.3) is 5.52 Å². The van der Waals surface area contributed by atoms with Gasteiger partial charge in [0.05, 0.1) is 11.7 Å². The maximum absolute atomic E-state index is 10.5. The number of aryl methyl sites for hydroxylation is 1. The first-order valence-electron chi connectivity index (χ1n) is 4.31. The van der Waals surface area contributed by atoms with E-state index in [1.54, 1.807) is 10.6 Å². The predicted octanol–water partition coefficient (Wildman–Crippen LogP) is 1.27.